The lowest BCUT2D eigenvalue weighted by atomic mass is 10.1. The summed E-state index contributed by atoms with van der Waals surface area (Å²) in [6.07, 6.45) is 4.17. The minimum atomic E-state index is -1.80. The molecule has 1 amide bonds. The SMILES string of the molecule is O=CCCCCCCCCCC(NC(=O)CCC(C(=O)O)N1CCN(CC(=O)O)CCN(CC(=O)O)CCN(CC(=O)O)CC1)Oc1c(F)c(F)cc(F)c1F. The van der Waals surface area contributed by atoms with E-state index in [2.05, 4.69) is 5.32 Å². The largest absolute Gasteiger partial charge is 0.480 e. The van der Waals surface area contributed by atoms with Gasteiger partial charge in [0.2, 0.25) is 17.5 Å². The maximum atomic E-state index is 14.5. The molecular formula is C36H53F4N5O11. The average Bonchev–Trinajstić information content (AvgIpc) is 3.11. The van der Waals surface area contributed by atoms with Crippen LogP contribution in [-0.2, 0) is 28.8 Å². The van der Waals surface area contributed by atoms with Crippen LogP contribution in [0.1, 0.15) is 70.6 Å². The van der Waals surface area contributed by atoms with Gasteiger partial charge in [-0.15, -0.1) is 0 Å². The molecule has 0 bridgehead atoms. The molecular weight excluding hydrogens is 754 g/mol. The monoisotopic (exact) mass is 807 g/mol. The van der Waals surface area contributed by atoms with Gasteiger partial charge < -0.3 is 35.3 Å². The predicted octanol–water partition coefficient (Wildman–Crippen LogP) is 2.48. The van der Waals surface area contributed by atoms with Crippen LogP contribution in [0.5, 0.6) is 5.75 Å². The molecule has 16 nitrogen and oxygen atoms in total. The number of rotatable bonds is 24. The molecule has 0 saturated carbocycles. The molecule has 1 aliphatic heterocycles. The molecule has 20 heteroatoms. The van der Waals surface area contributed by atoms with Crippen LogP contribution in [-0.4, -0.2) is 160 Å². The van der Waals surface area contributed by atoms with E-state index < -0.39 is 90.6 Å². The van der Waals surface area contributed by atoms with Gasteiger partial charge in [0.05, 0.1) is 19.6 Å². The number of amides is 1. The molecule has 0 aliphatic carbocycles. The van der Waals surface area contributed by atoms with Gasteiger partial charge in [-0.2, -0.15) is 8.78 Å². The third-order valence-electron chi connectivity index (χ3n) is 9.26. The third kappa shape index (κ3) is 18.5. The van der Waals surface area contributed by atoms with Crippen LogP contribution >= 0.6 is 0 Å². The molecule has 2 rings (SSSR count). The van der Waals surface area contributed by atoms with Gasteiger partial charge in [-0.3, -0.25) is 43.6 Å². The number of nitrogens with one attached hydrogen (secondary N) is 1. The zero-order valence-corrected chi connectivity index (χ0v) is 31.3. The van der Waals surface area contributed by atoms with Crippen molar-refractivity contribution >= 4 is 36.1 Å². The predicted molar refractivity (Wildman–Crippen MR) is 191 cm³/mol. The molecule has 1 aliphatic rings. The number of aldehydes is 1. The number of ether oxygens (including phenoxy) is 1. The lowest BCUT2D eigenvalue weighted by Crippen LogP contribution is -2.52. The summed E-state index contributed by atoms with van der Waals surface area (Å²) in [6.45, 7) is -0.770. The van der Waals surface area contributed by atoms with Crippen molar-refractivity contribution in [2.24, 2.45) is 0 Å². The first kappa shape index (κ1) is 47.8. The molecule has 2 atom stereocenters. The quantitative estimate of drug-likeness (QED) is 0.0333. The Morgan fingerprint density at radius 2 is 1.09 bits per heavy atom. The summed E-state index contributed by atoms with van der Waals surface area (Å²) in [5.41, 5.74) is 0. The van der Waals surface area contributed by atoms with Gasteiger partial charge in [0.1, 0.15) is 12.3 Å². The Labute approximate surface area is 322 Å². The van der Waals surface area contributed by atoms with Crippen molar-refractivity contribution in [3.05, 3.63) is 29.3 Å². The first-order valence-corrected chi connectivity index (χ1v) is 18.6. The molecule has 56 heavy (non-hydrogen) atoms. The summed E-state index contributed by atoms with van der Waals surface area (Å²) in [6, 6.07) is -1.33. The lowest BCUT2D eigenvalue weighted by molar-refractivity contribution is -0.145. The highest BCUT2D eigenvalue weighted by atomic mass is 19.2. The molecule has 1 saturated heterocycles. The van der Waals surface area contributed by atoms with E-state index in [4.69, 9.17) is 4.74 Å². The first-order valence-electron chi connectivity index (χ1n) is 18.6. The number of unbranched alkanes of at least 4 members (excludes halogenated alkanes) is 7. The summed E-state index contributed by atoms with van der Waals surface area (Å²) in [5, 5.41) is 41.0. The van der Waals surface area contributed by atoms with E-state index in [-0.39, 0.29) is 77.8 Å². The van der Waals surface area contributed by atoms with Crippen LogP contribution in [0.2, 0.25) is 0 Å². The van der Waals surface area contributed by atoms with Gasteiger partial charge in [-0.1, -0.05) is 32.1 Å². The molecule has 316 valence electrons. The van der Waals surface area contributed by atoms with E-state index in [0.29, 0.717) is 19.3 Å². The van der Waals surface area contributed by atoms with Crippen molar-refractivity contribution in [1.82, 2.24) is 24.9 Å². The van der Waals surface area contributed by atoms with Crippen molar-refractivity contribution in [2.75, 3.05) is 72.0 Å². The first-order chi connectivity index (χ1) is 26.6. The fraction of sp³-hybridized carbons (Fsp3) is 0.667. The van der Waals surface area contributed by atoms with Crippen LogP contribution in [0.15, 0.2) is 6.07 Å². The van der Waals surface area contributed by atoms with E-state index in [1.165, 1.54) is 14.7 Å². The van der Waals surface area contributed by atoms with Crippen LogP contribution in [0.25, 0.3) is 0 Å². The topological polar surface area (TPSA) is 218 Å². The second-order valence-electron chi connectivity index (χ2n) is 13.6. The number of carboxylic acid groups (broad SMARTS) is 4. The van der Waals surface area contributed by atoms with E-state index in [0.717, 1.165) is 38.4 Å². The number of benzene rings is 1. The molecule has 0 aromatic heterocycles. The molecule has 1 heterocycles. The van der Waals surface area contributed by atoms with Gasteiger partial charge >= 0.3 is 23.9 Å². The zero-order chi connectivity index (χ0) is 41.6. The second kappa shape index (κ2) is 25.7. The highest BCUT2D eigenvalue weighted by molar-refractivity contribution is 5.78. The number of carbonyl (C=O) groups is 6. The van der Waals surface area contributed by atoms with Crippen molar-refractivity contribution in [3.8, 4) is 5.75 Å². The van der Waals surface area contributed by atoms with E-state index in [9.17, 15) is 66.8 Å². The van der Waals surface area contributed by atoms with Crippen molar-refractivity contribution < 1.29 is 71.5 Å². The zero-order valence-electron chi connectivity index (χ0n) is 31.3. The standard InChI is InChI=1S/C36H53F4N5O11/c37-25-21-26(38)34(40)35(33(25)39)56-29(9-7-5-3-1-2-4-6-8-20-46)41-28(47)11-10-27(36(54)55)45-18-16-43(23-31(50)51)14-12-42(22-30(48)49)13-15-44(17-19-45)24-32(52)53/h20-21,27,29H,1-19,22-24H2,(H,41,47)(H,48,49)(H,50,51)(H,52,53)(H,54,55). The normalized spacial score (nSPS) is 16.6. The van der Waals surface area contributed by atoms with Gasteiger partial charge in [-0.25, -0.2) is 8.78 Å². The molecule has 1 aromatic carbocycles. The Kier molecular flexibility index (Phi) is 21.9. The fourth-order valence-corrected chi connectivity index (χ4v) is 6.29. The van der Waals surface area contributed by atoms with Crippen molar-refractivity contribution in [2.45, 2.75) is 82.9 Å². The minimum absolute atomic E-state index is 0.0139. The number of hydrogen-bond donors (Lipinski definition) is 5. The fourth-order valence-electron chi connectivity index (χ4n) is 6.29. The van der Waals surface area contributed by atoms with Crippen LogP contribution in [0.3, 0.4) is 0 Å². The summed E-state index contributed by atoms with van der Waals surface area (Å²) >= 11 is 0. The molecule has 0 radical (unpaired) electrons. The van der Waals surface area contributed by atoms with Crippen LogP contribution in [0.4, 0.5) is 17.6 Å². The van der Waals surface area contributed by atoms with Gasteiger partial charge in [0.25, 0.3) is 0 Å². The van der Waals surface area contributed by atoms with Crippen molar-refractivity contribution in [3.63, 3.8) is 0 Å². The van der Waals surface area contributed by atoms with Gasteiger partial charge in [0.15, 0.2) is 23.6 Å². The van der Waals surface area contributed by atoms with E-state index >= 15 is 0 Å². The molecule has 5 N–H and O–H groups in total. The van der Waals surface area contributed by atoms with Crippen LogP contribution < -0.4 is 10.1 Å². The molecule has 2 unspecified atom stereocenters. The summed E-state index contributed by atoms with van der Waals surface area (Å²) < 4.78 is 62.3. The van der Waals surface area contributed by atoms with Crippen molar-refractivity contribution in [1.29, 1.82) is 0 Å². The average molecular weight is 808 g/mol. The molecule has 0 spiro atoms. The molecule has 1 fully saturated rings. The number of aliphatic carboxylic acids is 4. The van der Waals surface area contributed by atoms with Gasteiger partial charge in [0, 0.05) is 77.7 Å². The maximum Gasteiger partial charge on any atom is 0.320 e. The van der Waals surface area contributed by atoms with E-state index in [1.54, 1.807) is 4.90 Å². The number of carbonyl (C=O) groups excluding carboxylic acids is 2. The smallest absolute Gasteiger partial charge is 0.320 e. The van der Waals surface area contributed by atoms with E-state index in [1.807, 2.05) is 0 Å². The Morgan fingerprint density at radius 1 is 0.661 bits per heavy atom. The Balaban J connectivity index is 2.21. The summed E-state index contributed by atoms with van der Waals surface area (Å²) in [5.74, 6) is -14.0. The second-order valence-corrected chi connectivity index (χ2v) is 13.6. The number of nitrogens with zero attached hydrogens (tertiary/aromatic N) is 4. The van der Waals surface area contributed by atoms with Crippen LogP contribution in [0, 0.1) is 23.3 Å². The highest BCUT2D eigenvalue weighted by Crippen LogP contribution is 2.28. The maximum absolute atomic E-state index is 14.5. The third-order valence-corrected chi connectivity index (χ3v) is 9.26. The van der Waals surface area contributed by atoms with Gasteiger partial charge in [-0.05, 0) is 19.3 Å². The Bertz CT molecular complexity index is 1400. The summed E-state index contributed by atoms with van der Waals surface area (Å²) in [4.78, 5) is 77.0. The minimum Gasteiger partial charge on any atom is -0.480 e. The highest BCUT2D eigenvalue weighted by Gasteiger charge is 2.30. The number of hydrogen-bond acceptors (Lipinski definition) is 11. The summed E-state index contributed by atoms with van der Waals surface area (Å²) in [7, 11) is 0. The Hall–Kier alpha value is -4.40. The molecule has 1 aromatic rings. The number of halogens is 4. The lowest BCUT2D eigenvalue weighted by Gasteiger charge is -2.35. The Morgan fingerprint density at radius 3 is 1.52 bits per heavy atom. The number of carboxylic acids is 4.